The molecular formula is C34H50N2O3. The van der Waals surface area contributed by atoms with Crippen molar-refractivity contribution in [2.75, 3.05) is 40.9 Å². The monoisotopic (exact) mass is 534 g/mol. The lowest BCUT2D eigenvalue weighted by atomic mass is 9.56. The van der Waals surface area contributed by atoms with Crippen LogP contribution in [0.1, 0.15) is 69.9 Å². The number of carbonyl (C=O) groups is 1. The van der Waals surface area contributed by atoms with Gasteiger partial charge in [-0.2, -0.15) is 0 Å². The fourth-order valence-corrected chi connectivity index (χ4v) is 7.17. The Kier molecular flexibility index (Phi) is 10.5. The summed E-state index contributed by atoms with van der Waals surface area (Å²) in [5, 5.41) is 0. The Morgan fingerprint density at radius 1 is 1.08 bits per heavy atom. The van der Waals surface area contributed by atoms with E-state index in [2.05, 4.69) is 79.2 Å². The van der Waals surface area contributed by atoms with Crippen molar-refractivity contribution >= 4 is 5.91 Å². The van der Waals surface area contributed by atoms with Gasteiger partial charge >= 0.3 is 0 Å². The summed E-state index contributed by atoms with van der Waals surface area (Å²) in [5.74, 6) is 2.03. The zero-order valence-corrected chi connectivity index (χ0v) is 24.9. The summed E-state index contributed by atoms with van der Waals surface area (Å²) in [6, 6.07) is 19.5. The van der Waals surface area contributed by atoms with Crippen LogP contribution in [-0.4, -0.2) is 68.8 Å². The molecule has 2 aromatic rings. The lowest BCUT2D eigenvalue weighted by Gasteiger charge is -2.56. The summed E-state index contributed by atoms with van der Waals surface area (Å²) in [6.07, 6.45) is 7.98. The van der Waals surface area contributed by atoms with E-state index in [-0.39, 0.29) is 17.6 Å². The highest BCUT2D eigenvalue weighted by atomic mass is 16.5. The third-order valence-corrected chi connectivity index (χ3v) is 9.18. The number of methoxy groups -OCH3 is 2. The molecule has 5 heteroatoms. The first-order valence-electron chi connectivity index (χ1n) is 15.1. The van der Waals surface area contributed by atoms with E-state index in [9.17, 15) is 4.79 Å². The van der Waals surface area contributed by atoms with Crippen molar-refractivity contribution < 1.29 is 14.3 Å². The number of benzene rings is 2. The van der Waals surface area contributed by atoms with Crippen molar-refractivity contribution in [2.45, 2.75) is 82.8 Å². The molecule has 1 unspecified atom stereocenters. The first-order valence-corrected chi connectivity index (χ1v) is 15.1. The van der Waals surface area contributed by atoms with E-state index < -0.39 is 0 Å². The summed E-state index contributed by atoms with van der Waals surface area (Å²) in [5.41, 5.74) is 2.69. The minimum Gasteiger partial charge on any atom is -0.497 e. The molecule has 1 heterocycles. The summed E-state index contributed by atoms with van der Waals surface area (Å²) in [6.45, 7) is 7.33. The van der Waals surface area contributed by atoms with E-state index >= 15 is 0 Å². The Hall–Kier alpha value is -2.37. The molecule has 0 aromatic heterocycles. The average Bonchev–Trinajstić information content (AvgIpc) is 2.95. The third-order valence-electron chi connectivity index (χ3n) is 9.18. The molecule has 5 nitrogen and oxygen atoms in total. The van der Waals surface area contributed by atoms with Crippen LogP contribution in [0, 0.1) is 11.8 Å². The van der Waals surface area contributed by atoms with Gasteiger partial charge in [0, 0.05) is 44.0 Å². The number of carbonyl (C=O) groups excluding carboxylic acids is 1. The largest absolute Gasteiger partial charge is 0.497 e. The molecule has 0 bridgehead atoms. The van der Waals surface area contributed by atoms with Gasteiger partial charge in [-0.05, 0) is 81.3 Å². The summed E-state index contributed by atoms with van der Waals surface area (Å²) in [4.78, 5) is 18.5. The average molecular weight is 535 g/mol. The van der Waals surface area contributed by atoms with Gasteiger partial charge in [-0.25, -0.2) is 0 Å². The second-order valence-electron chi connectivity index (χ2n) is 12.4. The molecule has 1 aliphatic heterocycles. The summed E-state index contributed by atoms with van der Waals surface area (Å²) < 4.78 is 11.9. The lowest BCUT2D eigenvalue weighted by Crippen LogP contribution is -2.61. The van der Waals surface area contributed by atoms with Gasteiger partial charge in [0.25, 0.3) is 0 Å². The van der Waals surface area contributed by atoms with Crippen LogP contribution in [0.15, 0.2) is 54.6 Å². The summed E-state index contributed by atoms with van der Waals surface area (Å²) in [7, 11) is 5.83. The number of amides is 1. The van der Waals surface area contributed by atoms with E-state index in [1.54, 1.807) is 7.11 Å². The number of rotatable bonds is 12. The zero-order valence-electron chi connectivity index (χ0n) is 24.9. The van der Waals surface area contributed by atoms with E-state index in [4.69, 9.17) is 9.47 Å². The third kappa shape index (κ3) is 7.24. The van der Waals surface area contributed by atoms with E-state index in [1.165, 1.54) is 11.1 Å². The number of likely N-dealkylation sites (tertiary alicyclic amines) is 1. The van der Waals surface area contributed by atoms with Crippen molar-refractivity contribution in [1.29, 1.82) is 0 Å². The normalized spacial score (nSPS) is 25.3. The molecule has 4 rings (SSSR count). The molecule has 0 radical (unpaired) electrons. The zero-order chi connectivity index (χ0) is 27.8. The molecule has 2 fully saturated rings. The number of fused-ring (bicyclic) bond motifs is 1. The molecule has 2 aliphatic rings. The fourth-order valence-electron chi connectivity index (χ4n) is 7.17. The van der Waals surface area contributed by atoms with Crippen LogP contribution in [0.2, 0.25) is 0 Å². The topological polar surface area (TPSA) is 42.0 Å². The highest BCUT2D eigenvalue weighted by molar-refractivity contribution is 5.76. The molecule has 1 amide bonds. The SMILES string of the molecule is COc1cccc([C@@]23CCN(C)C[C@H]2C(OC)C[C@H](N(CC(C)C)C(=O)CCCCCc2ccccc2)C3)c1. The fraction of sp³-hybridized carbons (Fsp3) is 0.618. The van der Waals surface area contributed by atoms with Crippen LogP contribution in [0.3, 0.4) is 0 Å². The van der Waals surface area contributed by atoms with Crippen LogP contribution in [0.4, 0.5) is 0 Å². The Labute approximate surface area is 236 Å². The standard InChI is InChI=1S/C34H50N2O3/c1-26(2)24-36(33(37)18-11-7-10-15-27-13-8-6-9-14-27)29-22-32(39-5)31-25-35(3)20-19-34(31,23-29)28-16-12-17-30(21-28)38-4/h6,8-9,12-14,16-17,21,26,29,31-32H,7,10-11,15,18-20,22-25H2,1-5H3/t29-,31-,32?,34-/m0/s1. The number of hydrogen-bond acceptors (Lipinski definition) is 4. The lowest BCUT2D eigenvalue weighted by molar-refractivity contribution is -0.140. The van der Waals surface area contributed by atoms with Gasteiger partial charge in [0.05, 0.1) is 13.2 Å². The van der Waals surface area contributed by atoms with Gasteiger partial charge < -0.3 is 19.3 Å². The van der Waals surface area contributed by atoms with Gasteiger partial charge in [-0.15, -0.1) is 0 Å². The molecule has 214 valence electrons. The van der Waals surface area contributed by atoms with Gasteiger partial charge in [0.1, 0.15) is 5.75 Å². The second kappa shape index (κ2) is 13.8. The molecule has 1 saturated carbocycles. The molecule has 1 saturated heterocycles. The van der Waals surface area contributed by atoms with Crippen LogP contribution < -0.4 is 4.74 Å². The minimum absolute atomic E-state index is 0.0319. The van der Waals surface area contributed by atoms with Crippen molar-refractivity contribution in [3.63, 3.8) is 0 Å². The number of aryl methyl sites for hydroxylation is 1. The molecule has 0 N–H and O–H groups in total. The molecule has 0 spiro atoms. The molecule has 4 atom stereocenters. The van der Waals surface area contributed by atoms with Crippen molar-refractivity contribution in [1.82, 2.24) is 9.80 Å². The first-order chi connectivity index (χ1) is 18.9. The highest BCUT2D eigenvalue weighted by Gasteiger charge is 2.53. The number of hydrogen-bond donors (Lipinski definition) is 0. The molecule has 1 aliphatic carbocycles. The summed E-state index contributed by atoms with van der Waals surface area (Å²) >= 11 is 0. The maximum atomic E-state index is 13.8. The highest BCUT2D eigenvalue weighted by Crippen LogP contribution is 2.51. The van der Waals surface area contributed by atoms with Gasteiger partial charge in [0.15, 0.2) is 0 Å². The maximum Gasteiger partial charge on any atom is 0.222 e. The second-order valence-corrected chi connectivity index (χ2v) is 12.4. The predicted molar refractivity (Wildman–Crippen MR) is 159 cm³/mol. The molecular weight excluding hydrogens is 484 g/mol. The van der Waals surface area contributed by atoms with Crippen molar-refractivity contribution in [3.8, 4) is 5.75 Å². The smallest absolute Gasteiger partial charge is 0.222 e. The predicted octanol–water partition coefficient (Wildman–Crippen LogP) is 6.35. The number of ether oxygens (including phenoxy) is 2. The van der Waals surface area contributed by atoms with Crippen molar-refractivity contribution in [3.05, 3.63) is 65.7 Å². The van der Waals surface area contributed by atoms with Crippen LogP contribution in [-0.2, 0) is 21.4 Å². The Morgan fingerprint density at radius 2 is 1.87 bits per heavy atom. The van der Waals surface area contributed by atoms with Crippen molar-refractivity contribution in [2.24, 2.45) is 11.8 Å². The van der Waals surface area contributed by atoms with Gasteiger partial charge in [0.2, 0.25) is 5.91 Å². The molecule has 2 aromatic carbocycles. The van der Waals surface area contributed by atoms with Crippen LogP contribution in [0.5, 0.6) is 5.75 Å². The number of piperidine rings is 1. The Morgan fingerprint density at radius 3 is 2.59 bits per heavy atom. The number of nitrogens with zero attached hydrogens (tertiary/aromatic N) is 2. The van der Waals surface area contributed by atoms with Gasteiger partial charge in [-0.3, -0.25) is 4.79 Å². The van der Waals surface area contributed by atoms with E-state index in [0.717, 1.165) is 70.3 Å². The first kappa shape index (κ1) is 29.6. The van der Waals surface area contributed by atoms with Crippen LogP contribution in [0.25, 0.3) is 0 Å². The van der Waals surface area contributed by atoms with E-state index in [1.807, 2.05) is 13.2 Å². The minimum atomic E-state index is -0.0319. The van der Waals surface area contributed by atoms with Crippen LogP contribution >= 0.6 is 0 Å². The van der Waals surface area contributed by atoms with E-state index in [0.29, 0.717) is 24.2 Å². The van der Waals surface area contributed by atoms with Gasteiger partial charge in [-0.1, -0.05) is 62.7 Å². The maximum absolute atomic E-state index is 13.8. The quantitative estimate of drug-likeness (QED) is 0.298. The Balaban J connectivity index is 1.52. The molecule has 39 heavy (non-hydrogen) atoms. The number of unbranched alkanes of at least 4 members (excludes halogenated alkanes) is 2. The Bertz CT molecular complexity index is 1040.